The van der Waals surface area contributed by atoms with Crippen molar-refractivity contribution in [2.75, 3.05) is 7.05 Å². The Morgan fingerprint density at radius 3 is 2.60 bits per heavy atom. The molecule has 1 aromatic heterocycles. The number of rotatable bonds is 3. The molecule has 0 radical (unpaired) electrons. The average molecular weight is 265 g/mol. The average Bonchev–Trinajstić information content (AvgIpc) is 2.80. The van der Waals surface area contributed by atoms with Gasteiger partial charge in [-0.3, -0.25) is 0 Å². The largest absolute Gasteiger partial charge is 0.456 e. The molecule has 1 aliphatic carbocycles. The van der Waals surface area contributed by atoms with Gasteiger partial charge in [-0.25, -0.2) is 0 Å². The topological polar surface area (TPSA) is 25.2 Å². The highest BCUT2D eigenvalue weighted by Gasteiger charge is 2.27. The Morgan fingerprint density at radius 1 is 1.05 bits per heavy atom. The van der Waals surface area contributed by atoms with E-state index >= 15 is 0 Å². The molecular weight excluding hydrogens is 246 g/mol. The van der Waals surface area contributed by atoms with Gasteiger partial charge in [-0.05, 0) is 49.6 Å². The van der Waals surface area contributed by atoms with Crippen molar-refractivity contribution in [2.45, 2.75) is 25.3 Å². The van der Waals surface area contributed by atoms with Gasteiger partial charge in [0.2, 0.25) is 0 Å². The van der Waals surface area contributed by atoms with Gasteiger partial charge >= 0.3 is 0 Å². The maximum absolute atomic E-state index is 5.90. The molecule has 2 nitrogen and oxygen atoms in total. The quantitative estimate of drug-likeness (QED) is 0.746. The summed E-state index contributed by atoms with van der Waals surface area (Å²) in [5, 5.41) is 5.94. The van der Waals surface area contributed by atoms with Gasteiger partial charge in [0.15, 0.2) is 0 Å². The molecule has 0 aliphatic heterocycles. The first kappa shape index (κ1) is 12.0. The summed E-state index contributed by atoms with van der Waals surface area (Å²) in [6, 6.07) is 15.4. The number of benzene rings is 2. The number of hydrogen-bond acceptors (Lipinski definition) is 2. The predicted octanol–water partition coefficient (Wildman–Crippen LogP) is 4.65. The number of nitrogens with one attached hydrogen (secondary N) is 1. The Balaban J connectivity index is 1.86. The van der Waals surface area contributed by atoms with Crippen molar-refractivity contribution >= 4 is 21.9 Å². The van der Waals surface area contributed by atoms with Crippen molar-refractivity contribution in [3.8, 4) is 0 Å². The first-order valence-corrected chi connectivity index (χ1v) is 7.45. The first-order valence-electron chi connectivity index (χ1n) is 7.45. The van der Waals surface area contributed by atoms with Gasteiger partial charge in [0.1, 0.15) is 11.2 Å². The molecule has 2 aromatic carbocycles. The molecule has 0 amide bonds. The molecule has 0 spiro atoms. The molecule has 1 atom stereocenters. The van der Waals surface area contributed by atoms with E-state index in [1.165, 1.54) is 35.6 Å². The lowest BCUT2D eigenvalue weighted by Crippen LogP contribution is -2.29. The Labute approximate surface area is 118 Å². The minimum Gasteiger partial charge on any atom is -0.456 e. The summed E-state index contributed by atoms with van der Waals surface area (Å²) in [7, 11) is 2.07. The second-order valence-corrected chi connectivity index (χ2v) is 5.81. The SMILES string of the molecule is CNC(c1ccc2oc3ccccc3c2c1)C1CCC1. The minimum atomic E-state index is 0.474. The third-order valence-corrected chi connectivity index (χ3v) is 4.69. The second kappa shape index (κ2) is 4.64. The van der Waals surface area contributed by atoms with Crippen LogP contribution in [0.25, 0.3) is 21.9 Å². The molecule has 1 unspecified atom stereocenters. The zero-order valence-electron chi connectivity index (χ0n) is 11.7. The maximum Gasteiger partial charge on any atom is 0.135 e. The standard InChI is InChI=1S/C18H19NO/c1-19-18(12-5-4-6-12)13-9-10-17-15(11-13)14-7-2-3-8-16(14)20-17/h2-3,7-12,18-19H,4-6H2,1H3. The Hall–Kier alpha value is -1.80. The molecule has 2 heteroatoms. The normalized spacial score (nSPS) is 17.4. The van der Waals surface area contributed by atoms with Crippen LogP contribution in [0.2, 0.25) is 0 Å². The molecule has 0 saturated heterocycles. The van der Waals surface area contributed by atoms with E-state index in [2.05, 4.69) is 42.7 Å². The van der Waals surface area contributed by atoms with Crippen LogP contribution in [0.1, 0.15) is 30.9 Å². The van der Waals surface area contributed by atoms with Crippen molar-refractivity contribution in [1.29, 1.82) is 0 Å². The molecular formula is C18H19NO. The third kappa shape index (κ3) is 1.75. The van der Waals surface area contributed by atoms with Gasteiger partial charge in [0.05, 0.1) is 0 Å². The highest BCUT2D eigenvalue weighted by Crippen LogP contribution is 2.39. The summed E-state index contributed by atoms with van der Waals surface area (Å²) >= 11 is 0. The van der Waals surface area contributed by atoms with Crippen LogP contribution in [0.15, 0.2) is 46.9 Å². The van der Waals surface area contributed by atoms with Crippen LogP contribution in [0.5, 0.6) is 0 Å². The summed E-state index contributed by atoms with van der Waals surface area (Å²) in [6.07, 6.45) is 4.06. The Bertz CT molecular complexity index is 754. The van der Waals surface area contributed by atoms with E-state index in [0.29, 0.717) is 6.04 Å². The van der Waals surface area contributed by atoms with Crippen molar-refractivity contribution in [1.82, 2.24) is 5.32 Å². The molecule has 20 heavy (non-hydrogen) atoms. The van der Waals surface area contributed by atoms with Crippen molar-refractivity contribution in [3.63, 3.8) is 0 Å². The lowest BCUT2D eigenvalue weighted by Gasteiger charge is -2.34. The van der Waals surface area contributed by atoms with Crippen LogP contribution in [0.3, 0.4) is 0 Å². The molecule has 1 heterocycles. The molecule has 102 valence electrons. The van der Waals surface area contributed by atoms with Gasteiger partial charge < -0.3 is 9.73 Å². The number of fused-ring (bicyclic) bond motifs is 3. The zero-order chi connectivity index (χ0) is 13.5. The summed E-state index contributed by atoms with van der Waals surface area (Å²) in [6.45, 7) is 0. The van der Waals surface area contributed by atoms with Gasteiger partial charge in [0, 0.05) is 16.8 Å². The highest BCUT2D eigenvalue weighted by molar-refractivity contribution is 6.05. The van der Waals surface area contributed by atoms with Crippen LogP contribution in [-0.4, -0.2) is 7.05 Å². The van der Waals surface area contributed by atoms with Crippen molar-refractivity contribution in [3.05, 3.63) is 48.0 Å². The maximum atomic E-state index is 5.90. The van der Waals surface area contributed by atoms with Crippen LogP contribution in [-0.2, 0) is 0 Å². The van der Waals surface area contributed by atoms with Crippen LogP contribution in [0, 0.1) is 5.92 Å². The van der Waals surface area contributed by atoms with E-state index < -0.39 is 0 Å². The van der Waals surface area contributed by atoms with Gasteiger partial charge in [-0.15, -0.1) is 0 Å². The Kier molecular flexibility index (Phi) is 2.78. The van der Waals surface area contributed by atoms with E-state index in [0.717, 1.165) is 17.1 Å². The lowest BCUT2D eigenvalue weighted by atomic mass is 9.77. The summed E-state index contributed by atoms with van der Waals surface area (Å²) in [4.78, 5) is 0. The number of para-hydroxylation sites is 1. The van der Waals surface area contributed by atoms with Crippen molar-refractivity contribution < 1.29 is 4.42 Å². The summed E-state index contributed by atoms with van der Waals surface area (Å²) in [5.74, 6) is 0.788. The zero-order valence-corrected chi connectivity index (χ0v) is 11.7. The minimum absolute atomic E-state index is 0.474. The first-order chi connectivity index (χ1) is 9.86. The fourth-order valence-corrected chi connectivity index (χ4v) is 3.38. The Morgan fingerprint density at radius 2 is 1.85 bits per heavy atom. The number of furan rings is 1. The predicted molar refractivity (Wildman–Crippen MR) is 82.9 cm³/mol. The van der Waals surface area contributed by atoms with E-state index in [1.54, 1.807) is 0 Å². The number of hydrogen-bond donors (Lipinski definition) is 1. The second-order valence-electron chi connectivity index (χ2n) is 5.81. The molecule has 1 N–H and O–H groups in total. The smallest absolute Gasteiger partial charge is 0.135 e. The van der Waals surface area contributed by atoms with Gasteiger partial charge in [-0.1, -0.05) is 30.7 Å². The van der Waals surface area contributed by atoms with Crippen molar-refractivity contribution in [2.24, 2.45) is 5.92 Å². The van der Waals surface area contributed by atoms with Gasteiger partial charge in [-0.2, -0.15) is 0 Å². The summed E-state index contributed by atoms with van der Waals surface area (Å²) < 4.78 is 5.90. The summed E-state index contributed by atoms with van der Waals surface area (Å²) in [5.41, 5.74) is 3.35. The molecule has 4 rings (SSSR count). The van der Waals surface area contributed by atoms with E-state index in [-0.39, 0.29) is 0 Å². The van der Waals surface area contributed by atoms with Crippen LogP contribution >= 0.6 is 0 Å². The molecule has 0 bridgehead atoms. The van der Waals surface area contributed by atoms with E-state index in [1.807, 2.05) is 12.1 Å². The van der Waals surface area contributed by atoms with E-state index in [4.69, 9.17) is 4.42 Å². The van der Waals surface area contributed by atoms with Crippen LogP contribution < -0.4 is 5.32 Å². The van der Waals surface area contributed by atoms with Crippen LogP contribution in [0.4, 0.5) is 0 Å². The van der Waals surface area contributed by atoms with Gasteiger partial charge in [0.25, 0.3) is 0 Å². The fraction of sp³-hybridized carbons (Fsp3) is 0.333. The fourth-order valence-electron chi connectivity index (χ4n) is 3.38. The molecule has 1 aliphatic rings. The third-order valence-electron chi connectivity index (χ3n) is 4.69. The monoisotopic (exact) mass is 265 g/mol. The molecule has 1 fully saturated rings. The van der Waals surface area contributed by atoms with E-state index in [9.17, 15) is 0 Å². The molecule has 1 saturated carbocycles. The highest BCUT2D eigenvalue weighted by atomic mass is 16.3. The lowest BCUT2D eigenvalue weighted by molar-refractivity contribution is 0.239. The molecule has 3 aromatic rings.